The zero-order valence-electron chi connectivity index (χ0n) is 18.6. The van der Waals surface area contributed by atoms with E-state index in [9.17, 15) is 4.79 Å². The summed E-state index contributed by atoms with van der Waals surface area (Å²) < 4.78 is 8.44. The molecule has 0 atom stereocenters. The molecule has 0 bridgehead atoms. The first-order valence-corrected chi connectivity index (χ1v) is 15.4. The van der Waals surface area contributed by atoms with Crippen LogP contribution in [0.15, 0.2) is 85.1 Å². The zero-order valence-corrected chi connectivity index (χ0v) is 23.2. The summed E-state index contributed by atoms with van der Waals surface area (Å²) >= 11 is 4.45. The fraction of sp³-hybridized carbons (Fsp3) is 0.0800. The van der Waals surface area contributed by atoms with Gasteiger partial charge in [0.25, 0.3) is 5.91 Å². The number of rotatable bonds is 8. The molecule has 176 valence electrons. The van der Waals surface area contributed by atoms with Crippen LogP contribution in [-0.2, 0) is 6.54 Å². The Morgan fingerprint density at radius 3 is 2.80 bits per heavy atom. The van der Waals surface area contributed by atoms with Crippen LogP contribution in [0.4, 0.5) is 5.13 Å². The lowest BCUT2D eigenvalue weighted by Crippen LogP contribution is -2.23. The Balaban J connectivity index is 1.21. The maximum absolute atomic E-state index is 13.0. The van der Waals surface area contributed by atoms with Crippen molar-refractivity contribution >= 4 is 70.4 Å². The molecule has 10 heteroatoms. The first-order chi connectivity index (χ1) is 17.1. The van der Waals surface area contributed by atoms with E-state index in [1.54, 1.807) is 23.1 Å². The predicted molar refractivity (Wildman–Crippen MR) is 155 cm³/mol. The number of nitrogens with zero attached hydrogens (tertiary/aromatic N) is 3. The first-order valence-electron chi connectivity index (χ1n) is 10.6. The van der Waals surface area contributed by atoms with E-state index in [0.717, 1.165) is 36.6 Å². The standard InChI is InChI=1S/C25H20IN5OS3/c1-16-5-10-19(34-23-14-28-25(35-23)29-22-4-2-3-11-26-22)12-20(16)24(32)27-13-17-6-8-18(9-7-17)21-15-33-31-30-21/h2-12,14-15H,13H2,1H3,(H,27,32)(H,28,29). The van der Waals surface area contributed by atoms with Crippen LogP contribution in [0.1, 0.15) is 21.5 Å². The van der Waals surface area contributed by atoms with Crippen LogP contribution in [0.25, 0.3) is 11.3 Å². The van der Waals surface area contributed by atoms with Gasteiger partial charge in [0, 0.05) is 27.9 Å². The van der Waals surface area contributed by atoms with Crippen LogP contribution in [0, 0.1) is 6.92 Å². The summed E-state index contributed by atoms with van der Waals surface area (Å²) in [6.07, 6.45) is 8.12. The number of amides is 1. The highest BCUT2D eigenvalue weighted by atomic mass is 127. The summed E-state index contributed by atoms with van der Waals surface area (Å²) in [6.45, 7) is 2.42. The number of halogens is 1. The summed E-state index contributed by atoms with van der Waals surface area (Å²) in [6, 6.07) is 14.0. The third kappa shape index (κ3) is 6.31. The Kier molecular flexibility index (Phi) is 7.82. The highest BCUT2D eigenvalue weighted by Crippen LogP contribution is 2.36. The van der Waals surface area contributed by atoms with Gasteiger partial charge in [-0.15, -0.1) is 5.10 Å². The molecule has 2 aromatic carbocycles. The molecule has 1 aliphatic heterocycles. The third-order valence-electron chi connectivity index (χ3n) is 5.05. The van der Waals surface area contributed by atoms with Gasteiger partial charge in [-0.1, -0.05) is 90.8 Å². The Hall–Kier alpha value is -2.67. The number of hydrogen-bond donors (Lipinski definition) is 2. The first kappa shape index (κ1) is 24.0. The van der Waals surface area contributed by atoms with Gasteiger partial charge in [-0.2, -0.15) is 0 Å². The minimum atomic E-state index is -0.116. The summed E-state index contributed by atoms with van der Waals surface area (Å²) in [5.41, 5.74) is 4.54. The van der Waals surface area contributed by atoms with Crippen LogP contribution in [0.5, 0.6) is 0 Å². The van der Waals surface area contributed by atoms with Gasteiger partial charge in [0.2, 0.25) is 0 Å². The topological polar surface area (TPSA) is 79.8 Å². The van der Waals surface area contributed by atoms with E-state index >= 15 is 0 Å². The van der Waals surface area contributed by atoms with Crippen molar-refractivity contribution in [3.63, 3.8) is 0 Å². The molecule has 2 N–H and O–H groups in total. The molecule has 5 rings (SSSR count). The zero-order chi connectivity index (χ0) is 24.0. The lowest BCUT2D eigenvalue weighted by Gasteiger charge is -2.10. The van der Waals surface area contributed by atoms with E-state index in [-0.39, 0.29) is 26.6 Å². The van der Waals surface area contributed by atoms with E-state index in [1.807, 2.05) is 67.0 Å². The second-order valence-corrected chi connectivity index (χ2v) is 13.0. The molecular weight excluding hydrogens is 609 g/mol. The Labute approximate surface area is 225 Å². The van der Waals surface area contributed by atoms with Gasteiger partial charge in [-0.05, 0) is 51.8 Å². The largest absolute Gasteiger partial charge is 0.348 e. The second-order valence-electron chi connectivity index (χ2n) is 7.49. The van der Waals surface area contributed by atoms with Crippen molar-refractivity contribution in [3.8, 4) is 11.3 Å². The molecular formula is C25H20IN5OS3. The van der Waals surface area contributed by atoms with Gasteiger partial charge in [-0.25, -0.2) is 4.98 Å². The molecule has 0 radical (unpaired) electrons. The number of benzene rings is 2. The van der Waals surface area contributed by atoms with Gasteiger partial charge in [0.05, 0.1) is 14.1 Å². The summed E-state index contributed by atoms with van der Waals surface area (Å²) in [7, 11) is 0. The fourth-order valence-corrected chi connectivity index (χ4v) is 7.46. The molecule has 2 aromatic heterocycles. The van der Waals surface area contributed by atoms with Crippen molar-refractivity contribution in [2.75, 3.05) is 5.32 Å². The highest BCUT2D eigenvalue weighted by Gasteiger charge is 2.12. The van der Waals surface area contributed by atoms with Crippen molar-refractivity contribution in [1.82, 2.24) is 19.9 Å². The van der Waals surface area contributed by atoms with Crippen LogP contribution < -0.4 is 10.6 Å². The lowest BCUT2D eigenvalue weighted by molar-refractivity contribution is 0.0950. The third-order valence-corrected chi connectivity index (χ3v) is 9.64. The van der Waals surface area contributed by atoms with Gasteiger partial charge >= 0.3 is 0 Å². The molecule has 0 spiro atoms. The maximum atomic E-state index is 13.0. The molecule has 4 aromatic rings. The van der Waals surface area contributed by atoms with E-state index in [1.165, 1.54) is 15.2 Å². The second kappa shape index (κ2) is 11.4. The average molecular weight is 630 g/mol. The Bertz CT molecular complexity index is 1430. The number of hydrogen-bond acceptors (Lipinski definition) is 8. The number of aryl methyl sites for hydroxylation is 1. The molecule has 3 heterocycles. The average Bonchev–Trinajstić information content (AvgIpc) is 3.57. The fourth-order valence-electron chi connectivity index (χ4n) is 3.24. The number of anilines is 1. The van der Waals surface area contributed by atoms with Crippen molar-refractivity contribution in [2.45, 2.75) is 22.6 Å². The molecule has 0 unspecified atom stereocenters. The van der Waals surface area contributed by atoms with Gasteiger partial charge in [0.1, 0.15) is 5.69 Å². The number of allylic oxidation sites excluding steroid dienone is 3. The molecule has 1 amide bonds. The van der Waals surface area contributed by atoms with E-state index in [4.69, 9.17) is 0 Å². The Morgan fingerprint density at radius 2 is 2.03 bits per heavy atom. The molecule has 0 saturated heterocycles. The molecule has 1 aliphatic rings. The van der Waals surface area contributed by atoms with E-state index in [2.05, 4.69) is 41.4 Å². The number of carbonyl (C=O) groups is 1. The summed E-state index contributed by atoms with van der Waals surface area (Å²) in [5, 5.41) is 13.4. The van der Waals surface area contributed by atoms with Crippen LogP contribution in [0.3, 0.4) is 0 Å². The molecule has 35 heavy (non-hydrogen) atoms. The molecule has 6 nitrogen and oxygen atoms in total. The van der Waals surface area contributed by atoms with Crippen LogP contribution in [0.2, 0.25) is 0 Å². The maximum Gasteiger partial charge on any atom is 0.251 e. The molecule has 0 aliphatic carbocycles. The predicted octanol–water partition coefficient (Wildman–Crippen LogP) is 6.65. The van der Waals surface area contributed by atoms with Crippen molar-refractivity contribution in [3.05, 3.63) is 92.7 Å². The van der Waals surface area contributed by atoms with Gasteiger partial charge < -0.3 is 10.6 Å². The molecule has 0 saturated carbocycles. The number of aromatic nitrogens is 3. The SMILES string of the molecule is Cc1ccc(Sc2cnc(NC3=CC=CC=I3)s2)cc1C(=O)NCc1ccc(-c2csnn2)cc1. The minimum absolute atomic E-state index is 0.0816. The van der Waals surface area contributed by atoms with Crippen LogP contribution >= 0.6 is 55.4 Å². The highest BCUT2D eigenvalue weighted by molar-refractivity contribution is 14.2. The summed E-state index contributed by atoms with van der Waals surface area (Å²) in [4.78, 5) is 18.5. The van der Waals surface area contributed by atoms with Gasteiger partial charge in [-0.3, -0.25) is 4.79 Å². The molecule has 0 fully saturated rings. The van der Waals surface area contributed by atoms with Crippen molar-refractivity contribution in [1.29, 1.82) is 0 Å². The summed E-state index contributed by atoms with van der Waals surface area (Å²) in [5.74, 6) is -0.0816. The smallest absolute Gasteiger partial charge is 0.251 e. The number of nitrogens with one attached hydrogen (secondary N) is 2. The number of carbonyl (C=O) groups excluding carboxylic acids is 1. The van der Waals surface area contributed by atoms with Crippen molar-refractivity contribution < 1.29 is 4.79 Å². The van der Waals surface area contributed by atoms with E-state index < -0.39 is 0 Å². The number of thiazole rings is 1. The van der Waals surface area contributed by atoms with Gasteiger partial charge in [0.15, 0.2) is 5.13 Å². The minimum Gasteiger partial charge on any atom is -0.348 e. The van der Waals surface area contributed by atoms with E-state index in [0.29, 0.717) is 12.1 Å². The lowest BCUT2D eigenvalue weighted by atomic mass is 10.1. The quantitative estimate of drug-likeness (QED) is 0.168. The normalized spacial score (nSPS) is 12.7. The van der Waals surface area contributed by atoms with Crippen molar-refractivity contribution in [2.24, 2.45) is 0 Å². The Morgan fingerprint density at radius 1 is 1.14 bits per heavy atom. The monoisotopic (exact) mass is 629 g/mol. The van der Waals surface area contributed by atoms with Crippen LogP contribution in [-0.4, -0.2) is 24.5 Å².